The summed E-state index contributed by atoms with van der Waals surface area (Å²) in [5.74, 6) is 0.250. The molecule has 0 bridgehead atoms. The number of aliphatic hydroxyl groups is 1. The third-order valence-electron chi connectivity index (χ3n) is 5.25. The average molecular weight is 624 g/mol. The second-order valence-electron chi connectivity index (χ2n) is 7.83. The van der Waals surface area contributed by atoms with Gasteiger partial charge in [0, 0.05) is 26.3 Å². The molecule has 0 saturated carbocycles. The van der Waals surface area contributed by atoms with E-state index in [0.717, 1.165) is 16.6 Å². The number of nitrogens with zero attached hydrogens (tertiary/aromatic N) is 1. The molecule has 5 aromatic rings. The molecule has 0 unspecified atom stereocenters. The van der Waals surface area contributed by atoms with Gasteiger partial charge >= 0.3 is 5.78 Å². The number of hydrogen-bond acceptors (Lipinski definition) is 2. The molecule has 5 rings (SSSR count). The molecule has 1 heterocycles. The molecule has 1 aromatic heterocycles. The molecular weight excluding hydrogens is 599 g/mol. The van der Waals surface area contributed by atoms with E-state index >= 15 is 0 Å². The summed E-state index contributed by atoms with van der Waals surface area (Å²) in [6, 6.07) is 35.0. The molecule has 0 aliphatic carbocycles. The van der Waals surface area contributed by atoms with Crippen LogP contribution in [0.1, 0.15) is 13.8 Å². The molecule has 0 spiro atoms. The number of pyridine rings is 1. The van der Waals surface area contributed by atoms with Crippen LogP contribution in [0, 0.1) is 6.07 Å². The predicted molar refractivity (Wildman–Crippen MR) is 138 cm³/mol. The van der Waals surface area contributed by atoms with E-state index < -0.39 is 0 Å². The van der Waals surface area contributed by atoms with Gasteiger partial charge in [-0.2, -0.15) is 0 Å². The standard InChI is InChI=1S/C25H16N.C5H8O2.Ir/c1-3-7-18(8-4-1)20-11-13-22-21(17-20)12-14-24-23(22)15-16-26-25(24)19-9-5-2-6-10-19;1-4(6)3-5(2)7;/h1-9,11-17H;3,6H,1-2H3;/q-1;;/p+1/b;4-3-;. The van der Waals surface area contributed by atoms with Crippen LogP contribution in [0.5, 0.6) is 0 Å². The first kappa shape index (κ1) is 25.0. The summed E-state index contributed by atoms with van der Waals surface area (Å²) in [5, 5.41) is 13.3. The summed E-state index contributed by atoms with van der Waals surface area (Å²) < 4.78 is 0. The molecule has 4 heteroatoms. The van der Waals surface area contributed by atoms with Crippen LogP contribution in [-0.2, 0) is 20.1 Å². The Balaban J connectivity index is 0.000000357. The fourth-order valence-electron chi connectivity index (χ4n) is 3.86. The summed E-state index contributed by atoms with van der Waals surface area (Å²) in [6.07, 6.45) is 3.17. The largest absolute Gasteiger partial charge is 0.512 e. The van der Waals surface area contributed by atoms with Crippen molar-refractivity contribution in [2.75, 3.05) is 0 Å². The molecule has 1 radical (unpaired) electrons. The van der Waals surface area contributed by atoms with Crippen LogP contribution in [0.3, 0.4) is 0 Å². The Bertz CT molecular complexity index is 1440. The quantitative estimate of drug-likeness (QED) is 0.0743. The SMILES string of the molecule is CC(=[OH+])/C=C(/C)O.[Ir].[c-]1ccccc1-c1nccc2c1ccc1cc(-c3ccccc3)ccc12. The van der Waals surface area contributed by atoms with Crippen molar-refractivity contribution in [3.05, 3.63) is 115 Å². The van der Waals surface area contributed by atoms with Crippen LogP contribution in [-0.4, -0.2) is 20.7 Å². The Morgan fingerprint density at radius 1 is 0.824 bits per heavy atom. The average Bonchev–Trinajstić information content (AvgIpc) is 2.84. The number of benzene rings is 4. The molecule has 0 fully saturated rings. The van der Waals surface area contributed by atoms with Crippen LogP contribution in [0.4, 0.5) is 0 Å². The normalized spacial score (nSPS) is 10.8. The zero-order valence-corrected chi connectivity index (χ0v) is 21.4. The summed E-state index contributed by atoms with van der Waals surface area (Å²) in [4.78, 5) is 13.0. The van der Waals surface area contributed by atoms with E-state index in [-0.39, 0.29) is 31.6 Å². The number of allylic oxidation sites excluding steroid dienone is 2. The van der Waals surface area contributed by atoms with Crippen molar-refractivity contribution in [1.29, 1.82) is 0 Å². The minimum absolute atomic E-state index is 0. The molecule has 0 aliphatic rings. The van der Waals surface area contributed by atoms with Gasteiger partial charge in [0.25, 0.3) is 0 Å². The molecule has 2 N–H and O–H groups in total. The van der Waals surface area contributed by atoms with E-state index in [1.807, 2.05) is 30.5 Å². The number of hydrogen-bond donors (Lipinski definition) is 1. The molecule has 0 atom stereocenters. The first-order chi connectivity index (χ1) is 16.0. The second kappa shape index (κ2) is 11.5. The van der Waals surface area contributed by atoms with Crippen LogP contribution in [0.15, 0.2) is 109 Å². The van der Waals surface area contributed by atoms with Gasteiger partial charge in [-0.15, -0.1) is 35.9 Å². The number of ketones is 1. The Labute approximate surface area is 213 Å². The van der Waals surface area contributed by atoms with E-state index in [1.165, 1.54) is 47.2 Å². The Morgan fingerprint density at radius 3 is 2.21 bits per heavy atom. The number of aliphatic hydroxyl groups excluding tert-OH is 1. The van der Waals surface area contributed by atoms with E-state index in [9.17, 15) is 0 Å². The molecular formula is C30H25IrNO2. The summed E-state index contributed by atoms with van der Waals surface area (Å²) >= 11 is 0. The Hall–Kier alpha value is -3.59. The molecule has 0 aliphatic heterocycles. The first-order valence-electron chi connectivity index (χ1n) is 10.8. The Morgan fingerprint density at radius 2 is 1.56 bits per heavy atom. The van der Waals surface area contributed by atoms with Crippen LogP contribution in [0.25, 0.3) is 43.9 Å². The monoisotopic (exact) mass is 624 g/mol. The smallest absolute Gasteiger partial charge is 0.316 e. The van der Waals surface area contributed by atoms with Gasteiger partial charge in [0.05, 0.1) is 18.8 Å². The zero-order valence-electron chi connectivity index (χ0n) is 19.0. The van der Waals surface area contributed by atoms with Crippen molar-refractivity contribution >= 4 is 27.3 Å². The van der Waals surface area contributed by atoms with E-state index in [1.54, 1.807) is 0 Å². The molecule has 34 heavy (non-hydrogen) atoms. The third-order valence-corrected chi connectivity index (χ3v) is 5.25. The number of aromatic nitrogens is 1. The maximum atomic E-state index is 8.40. The van der Waals surface area contributed by atoms with E-state index in [0.29, 0.717) is 0 Å². The summed E-state index contributed by atoms with van der Waals surface area (Å²) in [5.41, 5.74) is 4.49. The van der Waals surface area contributed by atoms with Crippen LogP contribution < -0.4 is 0 Å². The number of carbonyl (C=O) groups excluding carboxylic acids is 1. The van der Waals surface area contributed by atoms with Crippen molar-refractivity contribution in [3.8, 4) is 22.4 Å². The van der Waals surface area contributed by atoms with E-state index in [2.05, 4.69) is 77.8 Å². The summed E-state index contributed by atoms with van der Waals surface area (Å²) in [6.45, 7) is 3.00. The van der Waals surface area contributed by atoms with Crippen molar-refractivity contribution in [2.45, 2.75) is 13.8 Å². The van der Waals surface area contributed by atoms with Crippen molar-refractivity contribution in [1.82, 2.24) is 4.98 Å². The van der Waals surface area contributed by atoms with Gasteiger partial charge < -0.3 is 10.1 Å². The molecule has 171 valence electrons. The Kier molecular flexibility index (Phi) is 8.48. The molecule has 3 nitrogen and oxygen atoms in total. The minimum Gasteiger partial charge on any atom is -0.512 e. The number of fused-ring (bicyclic) bond motifs is 3. The van der Waals surface area contributed by atoms with Crippen molar-refractivity contribution in [3.63, 3.8) is 0 Å². The van der Waals surface area contributed by atoms with Crippen molar-refractivity contribution in [2.24, 2.45) is 0 Å². The third kappa shape index (κ3) is 5.85. The zero-order chi connectivity index (χ0) is 23.2. The van der Waals surface area contributed by atoms with Gasteiger partial charge in [0.2, 0.25) is 0 Å². The van der Waals surface area contributed by atoms with Crippen molar-refractivity contribution < 1.29 is 30.0 Å². The predicted octanol–water partition coefficient (Wildman–Crippen LogP) is 7.53. The fourth-order valence-corrected chi connectivity index (χ4v) is 3.86. The van der Waals surface area contributed by atoms with Gasteiger partial charge in [0.1, 0.15) is 0 Å². The second-order valence-corrected chi connectivity index (χ2v) is 7.83. The number of rotatable bonds is 3. The van der Waals surface area contributed by atoms with Gasteiger partial charge in [-0.1, -0.05) is 54.6 Å². The molecule has 0 amide bonds. The first-order valence-corrected chi connectivity index (χ1v) is 10.8. The van der Waals surface area contributed by atoms with Crippen LogP contribution >= 0.6 is 0 Å². The van der Waals surface area contributed by atoms with Gasteiger partial charge in [-0.3, -0.25) is 4.79 Å². The maximum absolute atomic E-state index is 8.40. The fraction of sp³-hybridized carbons (Fsp3) is 0.0667. The van der Waals surface area contributed by atoms with Crippen LogP contribution in [0.2, 0.25) is 0 Å². The van der Waals surface area contributed by atoms with E-state index in [4.69, 9.17) is 9.90 Å². The van der Waals surface area contributed by atoms with Gasteiger partial charge in [0.15, 0.2) is 0 Å². The van der Waals surface area contributed by atoms with Gasteiger partial charge in [-0.25, -0.2) is 0 Å². The molecule has 0 saturated heterocycles. The topological polar surface area (TPSA) is 54.5 Å². The summed E-state index contributed by atoms with van der Waals surface area (Å²) in [7, 11) is 0. The maximum Gasteiger partial charge on any atom is 0.316 e. The molecule has 4 aromatic carbocycles. The minimum atomic E-state index is 0. The van der Waals surface area contributed by atoms with Gasteiger partial charge in [-0.05, 0) is 57.4 Å².